The number of amides is 2. The summed E-state index contributed by atoms with van der Waals surface area (Å²) in [6, 6.07) is 5.19. The number of rotatable bonds is 3. The first-order valence-corrected chi connectivity index (χ1v) is 6.37. The second-order valence-electron chi connectivity index (χ2n) is 5.22. The first kappa shape index (κ1) is 13.5. The second kappa shape index (κ2) is 5.40. The number of carbonyl (C=O) groups is 2. The Morgan fingerprint density at radius 2 is 1.79 bits per heavy atom. The van der Waals surface area contributed by atoms with Crippen LogP contribution in [0.2, 0.25) is 0 Å². The molecule has 1 aromatic rings. The van der Waals surface area contributed by atoms with Gasteiger partial charge in [-0.05, 0) is 30.0 Å². The lowest BCUT2D eigenvalue weighted by Gasteiger charge is -2.16. The van der Waals surface area contributed by atoms with Gasteiger partial charge in [0.25, 0.3) is 0 Å². The van der Waals surface area contributed by atoms with E-state index in [0.717, 1.165) is 5.56 Å². The van der Waals surface area contributed by atoms with Crippen LogP contribution in [-0.2, 0) is 9.59 Å². The van der Waals surface area contributed by atoms with Crippen LogP contribution >= 0.6 is 0 Å². The van der Waals surface area contributed by atoms with Crippen molar-refractivity contribution in [3.63, 3.8) is 0 Å². The number of anilines is 2. The van der Waals surface area contributed by atoms with Crippen molar-refractivity contribution in [1.82, 2.24) is 0 Å². The van der Waals surface area contributed by atoms with E-state index < -0.39 is 6.10 Å². The molecular formula is C14H18N2O3. The SMILES string of the molecule is CC(C)CC(O)c1ccc2c(c1)NC(=O)CC(=O)N2. The minimum absolute atomic E-state index is 0.182. The number of benzene rings is 1. The van der Waals surface area contributed by atoms with Crippen LogP contribution in [0.4, 0.5) is 11.4 Å². The highest BCUT2D eigenvalue weighted by Crippen LogP contribution is 2.30. The van der Waals surface area contributed by atoms with Crippen LogP contribution in [0.15, 0.2) is 18.2 Å². The number of carbonyl (C=O) groups excluding carboxylic acids is 2. The zero-order valence-corrected chi connectivity index (χ0v) is 11.1. The van der Waals surface area contributed by atoms with Gasteiger partial charge in [-0.3, -0.25) is 9.59 Å². The largest absolute Gasteiger partial charge is 0.388 e. The third-order valence-electron chi connectivity index (χ3n) is 2.99. The molecule has 1 aromatic carbocycles. The Kier molecular flexibility index (Phi) is 3.85. The molecule has 0 saturated carbocycles. The average Bonchev–Trinajstić information content (AvgIpc) is 2.43. The van der Waals surface area contributed by atoms with Gasteiger partial charge in [0, 0.05) is 0 Å². The van der Waals surface area contributed by atoms with Crippen molar-refractivity contribution in [2.45, 2.75) is 32.8 Å². The molecule has 1 aliphatic heterocycles. The Balaban J connectivity index is 2.27. The Morgan fingerprint density at radius 3 is 2.42 bits per heavy atom. The molecule has 0 radical (unpaired) electrons. The van der Waals surface area contributed by atoms with Crippen LogP contribution in [-0.4, -0.2) is 16.9 Å². The number of hydrogen-bond donors (Lipinski definition) is 3. The first-order valence-electron chi connectivity index (χ1n) is 6.37. The van der Waals surface area contributed by atoms with Crippen LogP contribution in [0.5, 0.6) is 0 Å². The van der Waals surface area contributed by atoms with Crippen LogP contribution in [0.1, 0.15) is 38.4 Å². The Hall–Kier alpha value is -1.88. The maximum Gasteiger partial charge on any atom is 0.233 e. The molecule has 2 amide bonds. The van der Waals surface area contributed by atoms with E-state index in [4.69, 9.17) is 0 Å². The summed E-state index contributed by atoms with van der Waals surface area (Å²) in [6.07, 6.45) is -0.0985. The van der Waals surface area contributed by atoms with Crippen LogP contribution in [0, 0.1) is 5.92 Å². The van der Waals surface area contributed by atoms with Crippen molar-refractivity contribution < 1.29 is 14.7 Å². The molecule has 1 unspecified atom stereocenters. The van der Waals surface area contributed by atoms with E-state index in [9.17, 15) is 14.7 Å². The molecule has 3 N–H and O–H groups in total. The van der Waals surface area contributed by atoms with Gasteiger partial charge in [0.05, 0.1) is 17.5 Å². The smallest absolute Gasteiger partial charge is 0.233 e. The maximum atomic E-state index is 11.5. The highest BCUT2D eigenvalue weighted by atomic mass is 16.3. The van der Waals surface area contributed by atoms with E-state index in [1.807, 2.05) is 13.8 Å². The molecule has 1 atom stereocenters. The molecule has 1 aliphatic rings. The number of aliphatic hydroxyl groups is 1. The average molecular weight is 262 g/mol. The van der Waals surface area contributed by atoms with E-state index >= 15 is 0 Å². The Morgan fingerprint density at radius 1 is 1.16 bits per heavy atom. The standard InChI is InChI=1S/C14H18N2O3/c1-8(2)5-12(17)9-3-4-10-11(6-9)16-14(19)7-13(18)15-10/h3-4,6,8,12,17H,5,7H2,1-2H3,(H,15,18)(H,16,19). The fraction of sp³-hybridized carbons (Fsp3) is 0.429. The summed E-state index contributed by atoms with van der Waals surface area (Å²) in [4.78, 5) is 22.9. The summed E-state index contributed by atoms with van der Waals surface area (Å²) >= 11 is 0. The lowest BCUT2D eigenvalue weighted by molar-refractivity contribution is -0.123. The number of aliphatic hydroxyl groups excluding tert-OH is 1. The van der Waals surface area contributed by atoms with Gasteiger partial charge < -0.3 is 15.7 Å². The fourth-order valence-electron chi connectivity index (χ4n) is 2.10. The van der Waals surface area contributed by atoms with Gasteiger partial charge in [0.2, 0.25) is 11.8 Å². The van der Waals surface area contributed by atoms with Crippen molar-refractivity contribution in [3.8, 4) is 0 Å². The zero-order chi connectivity index (χ0) is 14.0. The molecular weight excluding hydrogens is 244 g/mol. The summed E-state index contributed by atoms with van der Waals surface area (Å²) in [7, 11) is 0. The molecule has 5 heteroatoms. The highest BCUT2D eigenvalue weighted by molar-refractivity contribution is 6.13. The summed E-state index contributed by atoms with van der Waals surface area (Å²) < 4.78 is 0. The summed E-state index contributed by atoms with van der Waals surface area (Å²) in [6.45, 7) is 4.07. The van der Waals surface area contributed by atoms with Crippen molar-refractivity contribution in [1.29, 1.82) is 0 Å². The molecule has 0 aromatic heterocycles. The van der Waals surface area contributed by atoms with Crippen molar-refractivity contribution >= 4 is 23.2 Å². The molecule has 1 heterocycles. The van der Waals surface area contributed by atoms with Gasteiger partial charge in [-0.1, -0.05) is 19.9 Å². The van der Waals surface area contributed by atoms with Crippen LogP contribution < -0.4 is 10.6 Å². The normalized spacial score (nSPS) is 16.4. The lowest BCUT2D eigenvalue weighted by Crippen LogP contribution is -2.16. The molecule has 0 bridgehead atoms. The minimum Gasteiger partial charge on any atom is -0.388 e. The molecule has 102 valence electrons. The fourth-order valence-corrected chi connectivity index (χ4v) is 2.10. The van der Waals surface area contributed by atoms with Gasteiger partial charge in [-0.15, -0.1) is 0 Å². The number of nitrogens with one attached hydrogen (secondary N) is 2. The third kappa shape index (κ3) is 3.32. The molecule has 2 rings (SSSR count). The van der Waals surface area contributed by atoms with Gasteiger partial charge in [0.15, 0.2) is 0 Å². The van der Waals surface area contributed by atoms with Gasteiger partial charge in [-0.25, -0.2) is 0 Å². The molecule has 0 aliphatic carbocycles. The molecule has 19 heavy (non-hydrogen) atoms. The second-order valence-corrected chi connectivity index (χ2v) is 5.22. The third-order valence-corrected chi connectivity index (χ3v) is 2.99. The molecule has 0 spiro atoms. The van der Waals surface area contributed by atoms with Gasteiger partial charge in [-0.2, -0.15) is 0 Å². The summed E-state index contributed by atoms with van der Waals surface area (Å²) in [5.41, 5.74) is 1.84. The van der Waals surface area contributed by atoms with E-state index in [-0.39, 0.29) is 18.2 Å². The monoisotopic (exact) mass is 262 g/mol. The van der Waals surface area contributed by atoms with Gasteiger partial charge >= 0.3 is 0 Å². The van der Waals surface area contributed by atoms with E-state index in [0.29, 0.717) is 23.7 Å². The summed E-state index contributed by atoms with van der Waals surface area (Å²) in [5, 5.41) is 15.4. The maximum absolute atomic E-state index is 11.5. The van der Waals surface area contributed by atoms with E-state index in [2.05, 4.69) is 10.6 Å². The molecule has 0 fully saturated rings. The topological polar surface area (TPSA) is 78.4 Å². The predicted octanol–water partition coefficient (Wildman–Crippen LogP) is 2.05. The van der Waals surface area contributed by atoms with Crippen molar-refractivity contribution in [2.24, 2.45) is 5.92 Å². The number of hydrogen-bond acceptors (Lipinski definition) is 3. The quantitative estimate of drug-likeness (QED) is 0.729. The van der Waals surface area contributed by atoms with Crippen LogP contribution in [0.3, 0.4) is 0 Å². The van der Waals surface area contributed by atoms with Crippen molar-refractivity contribution in [3.05, 3.63) is 23.8 Å². The Labute approximate surface area is 112 Å². The molecule has 0 saturated heterocycles. The predicted molar refractivity (Wildman–Crippen MR) is 72.7 cm³/mol. The molecule has 5 nitrogen and oxygen atoms in total. The van der Waals surface area contributed by atoms with E-state index in [1.165, 1.54) is 0 Å². The number of fused-ring (bicyclic) bond motifs is 1. The van der Waals surface area contributed by atoms with Gasteiger partial charge in [0.1, 0.15) is 6.42 Å². The highest BCUT2D eigenvalue weighted by Gasteiger charge is 2.19. The lowest BCUT2D eigenvalue weighted by atomic mass is 9.99. The van der Waals surface area contributed by atoms with E-state index in [1.54, 1.807) is 18.2 Å². The first-order chi connectivity index (χ1) is 8.95. The van der Waals surface area contributed by atoms with Crippen molar-refractivity contribution in [2.75, 3.05) is 10.6 Å². The summed E-state index contributed by atoms with van der Waals surface area (Å²) in [5.74, 6) is -0.290. The Bertz CT molecular complexity index is 511. The minimum atomic E-state index is -0.568. The zero-order valence-electron chi connectivity index (χ0n) is 11.1. The van der Waals surface area contributed by atoms with Crippen LogP contribution in [0.25, 0.3) is 0 Å².